The van der Waals surface area contributed by atoms with Crippen molar-refractivity contribution >= 4 is 69.3 Å². The van der Waals surface area contributed by atoms with Gasteiger partial charge in [-0.15, -0.1) is 0 Å². The minimum Gasteiger partial charge on any atom is -0.359 e. The molecule has 0 spiro atoms. The Morgan fingerprint density at radius 2 is 0.419 bits per heavy atom. The molecule has 8 aromatic carbocycles. The van der Waals surface area contributed by atoms with E-state index in [-0.39, 0.29) is 0 Å². The Balaban J connectivity index is 0.000000197. The lowest BCUT2D eigenvalue weighted by molar-refractivity contribution is -0.0200. The molecule has 0 saturated carbocycles. The first-order chi connectivity index (χ1) is 36.4. The SMILES string of the molecule is O=O.S=C(NCc1ccccc1)NCc1ccccc1.S=C(NCc1ccccc1)NCc1ccccc1.S=C1N(Cc2ccccc2)N(Cc2ccccc2)C(=S)N(Cc2ccccc2)N1Cc1ccccc1. The standard InChI is InChI=1S/C30H28N4S2.2C15H16N2S.O2/c35-29-31(21-25-13-5-1-6-14-25)32(22-26-15-7-2-8-16-26)30(36)34(24-28-19-11-4-12-20-28)33(29)23-27-17-9-3-10-18-27;2*18-15(16-11-13-7-3-1-4-8-13)17-12-14-9-5-2-6-10-14;1-2/h1-20H,21-24H2;2*1-10H,11-12H2,(H2,16,17,18);. The van der Waals surface area contributed by atoms with Crippen LogP contribution in [0.2, 0.25) is 0 Å². The van der Waals surface area contributed by atoms with Gasteiger partial charge >= 0.3 is 0 Å². The van der Waals surface area contributed by atoms with Crippen LogP contribution in [0.15, 0.2) is 243 Å². The molecule has 9 rings (SSSR count). The molecule has 1 aliphatic rings. The summed E-state index contributed by atoms with van der Waals surface area (Å²) in [6.45, 7) is 5.55. The molecule has 0 amide bonds. The lowest BCUT2D eigenvalue weighted by atomic mass is 10.2. The van der Waals surface area contributed by atoms with E-state index < -0.39 is 0 Å². The van der Waals surface area contributed by atoms with Crippen LogP contribution in [0, 0.1) is 9.93 Å². The van der Waals surface area contributed by atoms with Gasteiger partial charge in [0, 0.05) is 36.1 Å². The summed E-state index contributed by atoms with van der Waals surface area (Å²) < 4.78 is 0. The summed E-state index contributed by atoms with van der Waals surface area (Å²) in [4.78, 5) is 14.0. The minimum absolute atomic E-state index is 0.636. The summed E-state index contributed by atoms with van der Waals surface area (Å²) in [5.74, 6) is 0. The fourth-order valence-electron chi connectivity index (χ4n) is 7.55. The zero-order chi connectivity index (χ0) is 52.0. The monoisotopic (exact) mass is 1050 g/mol. The molecule has 1 aliphatic heterocycles. The van der Waals surface area contributed by atoms with E-state index in [0.717, 1.165) is 36.4 Å². The van der Waals surface area contributed by atoms with Crippen molar-refractivity contribution in [2.45, 2.75) is 52.4 Å². The van der Waals surface area contributed by atoms with Gasteiger partial charge in [-0.2, -0.15) is 0 Å². The molecular weight excluding hydrogens is 993 g/mol. The van der Waals surface area contributed by atoms with E-state index >= 15 is 0 Å². The van der Waals surface area contributed by atoms with E-state index in [1.807, 2.05) is 97.1 Å². The van der Waals surface area contributed by atoms with Crippen molar-refractivity contribution < 1.29 is 0 Å². The molecule has 74 heavy (non-hydrogen) atoms. The smallest absolute Gasteiger partial charge is 0.210 e. The van der Waals surface area contributed by atoms with Gasteiger partial charge in [-0.25, -0.2) is 0 Å². The van der Waals surface area contributed by atoms with Gasteiger partial charge in [0.1, 0.15) is 0 Å². The Kier molecular flexibility index (Phi) is 23.6. The lowest BCUT2D eigenvalue weighted by Gasteiger charge is -2.53. The average molecular weight is 1050 g/mol. The van der Waals surface area contributed by atoms with E-state index in [0.29, 0.717) is 36.4 Å². The van der Waals surface area contributed by atoms with Gasteiger partial charge in [0.15, 0.2) is 10.2 Å². The van der Waals surface area contributed by atoms with Crippen LogP contribution in [-0.4, -0.2) is 40.5 Å². The average Bonchev–Trinajstić information content (AvgIpc) is 3.47. The van der Waals surface area contributed by atoms with E-state index in [1.54, 1.807) is 0 Å². The Labute approximate surface area is 457 Å². The summed E-state index contributed by atoms with van der Waals surface area (Å²) in [7, 11) is 0. The van der Waals surface area contributed by atoms with Gasteiger partial charge in [-0.3, -0.25) is 20.0 Å². The van der Waals surface area contributed by atoms with E-state index in [1.165, 1.54) is 44.5 Å². The third-order valence-corrected chi connectivity index (χ3v) is 12.8. The van der Waals surface area contributed by atoms with Crippen LogP contribution < -0.4 is 21.3 Å². The summed E-state index contributed by atoms with van der Waals surface area (Å²) in [5, 5.41) is 24.1. The molecule has 10 nitrogen and oxygen atoms in total. The molecule has 1 saturated heterocycles. The number of benzene rings is 8. The molecule has 376 valence electrons. The number of nitrogens with one attached hydrogen (secondary N) is 4. The number of rotatable bonds is 16. The van der Waals surface area contributed by atoms with Crippen LogP contribution in [0.3, 0.4) is 0 Å². The maximum Gasteiger partial charge on any atom is 0.210 e. The summed E-state index contributed by atoms with van der Waals surface area (Å²) in [6.07, 6.45) is 0. The molecule has 1 fully saturated rings. The quantitative estimate of drug-likeness (QED) is 0.0692. The molecule has 0 atom stereocenters. The van der Waals surface area contributed by atoms with Gasteiger partial charge in [0.2, 0.25) is 10.2 Å². The second-order valence-corrected chi connectivity index (χ2v) is 18.3. The molecule has 8 aromatic rings. The Morgan fingerprint density at radius 3 is 0.581 bits per heavy atom. The highest BCUT2D eigenvalue weighted by Gasteiger charge is 2.38. The summed E-state index contributed by atoms with van der Waals surface area (Å²) >= 11 is 22.9. The molecule has 0 bridgehead atoms. The Bertz CT molecular complexity index is 2480. The summed E-state index contributed by atoms with van der Waals surface area (Å²) in [5.41, 5.74) is 9.60. The van der Waals surface area contributed by atoms with Crippen molar-refractivity contribution in [3.8, 4) is 0 Å². The first-order valence-electron chi connectivity index (χ1n) is 24.1. The Morgan fingerprint density at radius 1 is 0.270 bits per heavy atom. The highest BCUT2D eigenvalue weighted by Crippen LogP contribution is 2.27. The minimum atomic E-state index is 0.636. The molecule has 0 aromatic heterocycles. The number of hydrazine groups is 2. The molecular formula is C60H60N8O2S4. The van der Waals surface area contributed by atoms with Crippen LogP contribution in [0.5, 0.6) is 0 Å². The fraction of sp³-hybridized carbons (Fsp3) is 0.133. The highest BCUT2D eigenvalue weighted by molar-refractivity contribution is 7.81. The van der Waals surface area contributed by atoms with Gasteiger partial charge in [-0.1, -0.05) is 243 Å². The van der Waals surface area contributed by atoms with Gasteiger partial charge in [0.25, 0.3) is 0 Å². The van der Waals surface area contributed by atoms with Crippen LogP contribution in [0.1, 0.15) is 44.5 Å². The third-order valence-electron chi connectivity index (χ3n) is 11.4. The zero-order valence-electron chi connectivity index (χ0n) is 41.0. The van der Waals surface area contributed by atoms with Crippen molar-refractivity contribution in [1.82, 2.24) is 41.3 Å². The number of hydrogen-bond donors (Lipinski definition) is 4. The first kappa shape index (κ1) is 55.4. The Hall–Kier alpha value is -7.88. The second kappa shape index (κ2) is 31.5. The van der Waals surface area contributed by atoms with E-state index in [9.17, 15) is 0 Å². The normalized spacial score (nSPS) is 11.6. The van der Waals surface area contributed by atoms with E-state index in [4.69, 9.17) is 58.8 Å². The largest absolute Gasteiger partial charge is 0.359 e. The first-order valence-corrected chi connectivity index (χ1v) is 25.7. The number of hydrogen-bond acceptors (Lipinski definition) is 6. The molecule has 1 heterocycles. The molecule has 0 unspecified atom stereocenters. The van der Waals surface area contributed by atoms with Crippen molar-refractivity contribution in [3.05, 3.63) is 297 Å². The second-order valence-electron chi connectivity index (χ2n) is 16.8. The van der Waals surface area contributed by atoms with E-state index in [2.05, 4.69) is 187 Å². The van der Waals surface area contributed by atoms with Crippen molar-refractivity contribution in [2.75, 3.05) is 0 Å². The number of nitrogens with zero attached hydrogens (tertiary/aromatic N) is 4. The molecule has 14 heteroatoms. The third kappa shape index (κ3) is 18.9. The van der Waals surface area contributed by atoms with Gasteiger partial charge in [-0.05, 0) is 93.4 Å². The van der Waals surface area contributed by atoms with Gasteiger partial charge in [0.05, 0.1) is 26.2 Å². The zero-order valence-corrected chi connectivity index (χ0v) is 44.3. The van der Waals surface area contributed by atoms with Crippen LogP contribution in [-0.2, 0) is 52.4 Å². The van der Waals surface area contributed by atoms with Crippen LogP contribution >= 0.6 is 48.9 Å². The lowest BCUT2D eigenvalue weighted by Crippen LogP contribution is -2.67. The van der Waals surface area contributed by atoms with Gasteiger partial charge < -0.3 is 21.3 Å². The predicted molar refractivity (Wildman–Crippen MR) is 318 cm³/mol. The van der Waals surface area contributed by atoms with Crippen molar-refractivity contribution in [1.29, 1.82) is 0 Å². The summed E-state index contributed by atoms with van der Waals surface area (Å²) in [6, 6.07) is 82.5. The molecule has 4 N–H and O–H groups in total. The topological polar surface area (TPSA) is 95.2 Å². The fourth-order valence-corrected chi connectivity index (χ4v) is 8.50. The maximum atomic E-state index is 7.00. The van der Waals surface area contributed by atoms with Crippen LogP contribution in [0.25, 0.3) is 0 Å². The molecule has 0 radical (unpaired) electrons. The van der Waals surface area contributed by atoms with Crippen molar-refractivity contribution in [3.63, 3.8) is 0 Å². The number of thiocarbonyl (C=S) groups is 4. The van der Waals surface area contributed by atoms with Crippen LogP contribution in [0.4, 0.5) is 0 Å². The maximum absolute atomic E-state index is 7.00. The predicted octanol–water partition coefficient (Wildman–Crippen LogP) is 12.2. The highest BCUT2D eigenvalue weighted by atomic mass is 32.1. The molecule has 0 aliphatic carbocycles. The van der Waals surface area contributed by atoms with Crippen molar-refractivity contribution in [2.24, 2.45) is 0 Å².